The van der Waals surface area contributed by atoms with Gasteiger partial charge in [-0.1, -0.05) is 11.3 Å². The third kappa shape index (κ3) is 5.01. The van der Waals surface area contributed by atoms with Gasteiger partial charge in [0.1, 0.15) is 18.0 Å². The molecular formula is C19H15F3N2O3S. The van der Waals surface area contributed by atoms with E-state index >= 15 is 0 Å². The predicted octanol–water partition coefficient (Wildman–Crippen LogP) is 5.15. The summed E-state index contributed by atoms with van der Waals surface area (Å²) in [5, 5.41) is 2.17. The zero-order chi connectivity index (χ0) is 20.1. The molecule has 0 aliphatic rings. The highest BCUT2D eigenvalue weighted by atomic mass is 32.1. The number of ether oxygens (including phenoxy) is 2. The molecule has 9 heteroatoms. The van der Waals surface area contributed by atoms with Crippen molar-refractivity contribution >= 4 is 22.9 Å². The summed E-state index contributed by atoms with van der Waals surface area (Å²) in [7, 11) is 1.45. The summed E-state index contributed by atoms with van der Waals surface area (Å²) in [4.78, 5) is 17.4. The van der Waals surface area contributed by atoms with Crippen molar-refractivity contribution < 1.29 is 27.4 Å². The summed E-state index contributed by atoms with van der Waals surface area (Å²) in [5.41, 5.74) is 0.220. The lowest BCUT2D eigenvalue weighted by Crippen LogP contribution is -2.39. The molecule has 1 aromatic heterocycles. The van der Waals surface area contributed by atoms with Gasteiger partial charge in [0.25, 0.3) is 11.1 Å². The quantitative estimate of drug-likeness (QED) is 0.566. The van der Waals surface area contributed by atoms with E-state index < -0.39 is 18.6 Å². The first-order valence-electron chi connectivity index (χ1n) is 8.06. The van der Waals surface area contributed by atoms with Crippen LogP contribution in [-0.2, 0) is 0 Å². The lowest BCUT2D eigenvalue weighted by molar-refractivity contribution is -0.118. The number of halogens is 3. The van der Waals surface area contributed by atoms with E-state index in [1.165, 1.54) is 67.0 Å². The Bertz CT molecular complexity index is 911. The van der Waals surface area contributed by atoms with Crippen LogP contribution in [0.3, 0.4) is 0 Å². The number of hydrogen-bond acceptors (Lipinski definition) is 5. The fourth-order valence-corrected chi connectivity index (χ4v) is 2.91. The van der Waals surface area contributed by atoms with Crippen LogP contribution in [0.25, 0.3) is 0 Å². The Morgan fingerprint density at radius 2 is 1.71 bits per heavy atom. The number of hydrogen-bond donors (Lipinski definition) is 0. The second-order valence-electron chi connectivity index (χ2n) is 5.63. The smallest absolute Gasteiger partial charge is 0.406 e. The van der Waals surface area contributed by atoms with Gasteiger partial charge in [-0.15, -0.1) is 0 Å². The van der Waals surface area contributed by atoms with Crippen LogP contribution in [0.2, 0.25) is 0 Å². The van der Waals surface area contributed by atoms with Crippen LogP contribution in [0.4, 0.5) is 18.9 Å². The van der Waals surface area contributed by atoms with Crippen molar-refractivity contribution in [2.45, 2.75) is 6.18 Å². The van der Waals surface area contributed by atoms with Gasteiger partial charge < -0.3 is 9.47 Å². The highest BCUT2D eigenvalue weighted by Gasteiger charge is 2.34. The molecule has 146 valence electrons. The second-order valence-corrected chi connectivity index (χ2v) is 6.49. The first kappa shape index (κ1) is 19.7. The zero-order valence-electron chi connectivity index (χ0n) is 14.6. The summed E-state index contributed by atoms with van der Waals surface area (Å²) in [5.74, 6) is 0.133. The Morgan fingerprint density at radius 1 is 1.07 bits per heavy atom. The van der Waals surface area contributed by atoms with Gasteiger partial charge >= 0.3 is 6.18 Å². The Hall–Kier alpha value is -3.07. The maximum absolute atomic E-state index is 13.0. The first-order valence-corrected chi connectivity index (χ1v) is 8.94. The second kappa shape index (κ2) is 8.30. The van der Waals surface area contributed by atoms with Crippen molar-refractivity contribution in [1.29, 1.82) is 0 Å². The standard InChI is InChI=1S/C19H15F3N2O3S/c1-26-15-8-4-14(5-9-15)24(12-19(20,21)22)17(25)13-2-6-16(7-3-13)27-18-23-10-11-28-18/h2-11H,12H2,1H3. The largest absolute Gasteiger partial charge is 0.497 e. The number of carbonyl (C=O) groups is 1. The van der Waals surface area contributed by atoms with Crippen LogP contribution in [0, 0.1) is 0 Å². The summed E-state index contributed by atoms with van der Waals surface area (Å²) in [6, 6.07) is 11.7. The van der Waals surface area contributed by atoms with Crippen molar-refractivity contribution in [2.75, 3.05) is 18.6 Å². The van der Waals surface area contributed by atoms with Crippen molar-refractivity contribution in [3.63, 3.8) is 0 Å². The lowest BCUT2D eigenvalue weighted by atomic mass is 10.1. The van der Waals surface area contributed by atoms with Gasteiger partial charge in [0.2, 0.25) is 0 Å². The molecule has 3 rings (SSSR count). The average molecular weight is 408 g/mol. The van der Waals surface area contributed by atoms with E-state index in [1.807, 2.05) is 0 Å². The maximum atomic E-state index is 13.0. The molecule has 2 aromatic carbocycles. The van der Waals surface area contributed by atoms with Crippen molar-refractivity contribution in [2.24, 2.45) is 0 Å². The van der Waals surface area contributed by atoms with Gasteiger partial charge in [0.05, 0.1) is 7.11 Å². The highest BCUT2D eigenvalue weighted by Crippen LogP contribution is 2.27. The zero-order valence-corrected chi connectivity index (χ0v) is 15.5. The Morgan fingerprint density at radius 3 is 2.25 bits per heavy atom. The van der Waals surface area contributed by atoms with Gasteiger partial charge in [-0.2, -0.15) is 13.2 Å². The van der Waals surface area contributed by atoms with Crippen molar-refractivity contribution in [1.82, 2.24) is 4.98 Å². The molecule has 0 bridgehead atoms. The third-order valence-corrected chi connectivity index (χ3v) is 4.33. The van der Waals surface area contributed by atoms with Crippen LogP contribution >= 0.6 is 11.3 Å². The van der Waals surface area contributed by atoms with E-state index in [9.17, 15) is 18.0 Å². The number of amides is 1. The number of carbonyl (C=O) groups excluding carboxylic acids is 1. The fraction of sp³-hybridized carbons (Fsp3) is 0.158. The Kier molecular flexibility index (Phi) is 5.84. The molecule has 1 heterocycles. The summed E-state index contributed by atoms with van der Waals surface area (Å²) in [6.45, 7) is -1.41. The van der Waals surface area contributed by atoms with Gasteiger partial charge in [-0.05, 0) is 48.5 Å². The molecule has 0 unspecified atom stereocenters. The number of alkyl halides is 3. The van der Waals surface area contributed by atoms with Crippen LogP contribution in [0.15, 0.2) is 60.1 Å². The Labute approximate surface area is 163 Å². The number of thiazole rings is 1. The number of anilines is 1. The first-order chi connectivity index (χ1) is 13.4. The molecule has 0 radical (unpaired) electrons. The lowest BCUT2D eigenvalue weighted by Gasteiger charge is -2.24. The number of methoxy groups -OCH3 is 1. The Balaban J connectivity index is 1.83. The molecule has 0 aliphatic heterocycles. The van der Waals surface area contributed by atoms with Crippen LogP contribution in [0.5, 0.6) is 16.7 Å². The van der Waals surface area contributed by atoms with E-state index in [0.717, 1.165) is 0 Å². The number of rotatable bonds is 6. The van der Waals surface area contributed by atoms with Crippen molar-refractivity contribution in [3.8, 4) is 16.7 Å². The molecule has 0 spiro atoms. The van der Waals surface area contributed by atoms with Crippen molar-refractivity contribution in [3.05, 3.63) is 65.7 Å². The molecule has 0 saturated carbocycles. The number of nitrogens with zero attached hydrogens (tertiary/aromatic N) is 2. The molecular weight excluding hydrogens is 393 g/mol. The van der Waals surface area contributed by atoms with E-state index in [-0.39, 0.29) is 11.3 Å². The topological polar surface area (TPSA) is 51.7 Å². The highest BCUT2D eigenvalue weighted by molar-refractivity contribution is 7.11. The summed E-state index contributed by atoms with van der Waals surface area (Å²) < 4.78 is 49.6. The van der Waals surface area contributed by atoms with Crippen LogP contribution in [-0.4, -0.2) is 30.7 Å². The number of benzene rings is 2. The van der Waals surface area contributed by atoms with Gasteiger partial charge in [0, 0.05) is 22.8 Å². The fourth-order valence-electron chi connectivity index (χ4n) is 2.40. The molecule has 0 aliphatic carbocycles. The molecule has 0 fully saturated rings. The molecule has 5 nitrogen and oxygen atoms in total. The minimum absolute atomic E-state index is 0.103. The van der Waals surface area contributed by atoms with Gasteiger partial charge in [-0.3, -0.25) is 9.69 Å². The number of aromatic nitrogens is 1. The van der Waals surface area contributed by atoms with Gasteiger partial charge in [0.15, 0.2) is 0 Å². The molecule has 0 saturated heterocycles. The molecule has 1 amide bonds. The van der Waals surface area contributed by atoms with E-state index in [4.69, 9.17) is 9.47 Å². The van der Waals surface area contributed by atoms with Crippen LogP contribution < -0.4 is 14.4 Å². The third-order valence-electron chi connectivity index (χ3n) is 3.68. The normalized spacial score (nSPS) is 11.1. The SMILES string of the molecule is COc1ccc(N(CC(F)(F)F)C(=O)c2ccc(Oc3nccs3)cc2)cc1. The molecule has 0 atom stereocenters. The minimum atomic E-state index is -4.55. The summed E-state index contributed by atoms with van der Waals surface area (Å²) >= 11 is 1.30. The predicted molar refractivity (Wildman–Crippen MR) is 99.4 cm³/mol. The van der Waals surface area contributed by atoms with E-state index in [2.05, 4.69) is 4.98 Å². The summed E-state index contributed by atoms with van der Waals surface area (Å²) in [6.07, 6.45) is -2.97. The maximum Gasteiger partial charge on any atom is 0.406 e. The molecule has 28 heavy (non-hydrogen) atoms. The van der Waals surface area contributed by atoms with Crippen LogP contribution in [0.1, 0.15) is 10.4 Å². The molecule has 0 N–H and O–H groups in total. The van der Waals surface area contributed by atoms with E-state index in [1.54, 1.807) is 11.6 Å². The van der Waals surface area contributed by atoms with E-state index in [0.29, 0.717) is 21.6 Å². The molecule has 3 aromatic rings. The monoisotopic (exact) mass is 408 g/mol. The average Bonchev–Trinajstić information content (AvgIpc) is 3.19. The minimum Gasteiger partial charge on any atom is -0.497 e. The van der Waals surface area contributed by atoms with Gasteiger partial charge in [-0.25, -0.2) is 4.98 Å².